The molecule has 114 valence electrons. The highest BCUT2D eigenvalue weighted by molar-refractivity contribution is 5.22. The minimum atomic E-state index is -3.83. The monoisotopic (exact) mass is 296 g/mol. The van der Waals surface area contributed by atoms with Crippen molar-refractivity contribution in [2.75, 3.05) is 0 Å². The lowest BCUT2D eigenvalue weighted by Crippen LogP contribution is -2.29. The van der Waals surface area contributed by atoms with Crippen LogP contribution >= 0.6 is 0 Å². The Bertz CT molecular complexity index is 463. The first-order valence-corrected chi connectivity index (χ1v) is 6.50. The topological polar surface area (TPSA) is 9.23 Å². The van der Waals surface area contributed by atoms with Crippen molar-refractivity contribution in [1.82, 2.24) is 0 Å². The highest BCUT2D eigenvalue weighted by Crippen LogP contribution is 2.36. The van der Waals surface area contributed by atoms with Crippen LogP contribution in [-0.2, 0) is 10.8 Å². The first kappa shape index (κ1) is 15.2. The molecule has 1 nitrogen and oxygen atoms in total. The van der Waals surface area contributed by atoms with Gasteiger partial charge in [0.2, 0.25) is 0 Å². The molecule has 0 aliphatic heterocycles. The van der Waals surface area contributed by atoms with Crippen molar-refractivity contribution < 1.29 is 28.1 Å². The average Bonchev–Trinajstić information content (AvgIpc) is 2.38. The van der Waals surface area contributed by atoms with Crippen molar-refractivity contribution in [1.29, 1.82) is 0 Å². The van der Waals surface area contributed by atoms with Crippen LogP contribution in [-0.4, -0.2) is 6.10 Å². The molecule has 1 aliphatic rings. The van der Waals surface area contributed by atoms with Crippen molar-refractivity contribution in [3.05, 3.63) is 35.1 Å². The van der Waals surface area contributed by atoms with Gasteiger partial charge in [0.25, 0.3) is 0 Å². The van der Waals surface area contributed by atoms with E-state index in [1.807, 2.05) is 6.92 Å². The predicted octanol–water partition coefficient (Wildman–Crippen LogP) is 4.99. The van der Waals surface area contributed by atoms with Gasteiger partial charge < -0.3 is 4.74 Å². The molecular formula is C14H17F5O. The molecule has 0 aromatic heterocycles. The fourth-order valence-corrected chi connectivity index (χ4v) is 2.35. The first-order chi connectivity index (χ1) is 9.29. The number of alkyl halides is 2. The zero-order valence-corrected chi connectivity index (χ0v) is 10.9. The van der Waals surface area contributed by atoms with Gasteiger partial charge in [-0.05, 0) is 43.7 Å². The van der Waals surface area contributed by atoms with Crippen molar-refractivity contribution in [3.8, 4) is 0 Å². The highest BCUT2D eigenvalue weighted by atomic mass is 19.3. The molecule has 0 heterocycles. The maximum atomic E-state index is 13.9. The largest absolute Gasteiger partial charge is 0.383 e. The fourth-order valence-electron chi connectivity index (χ4n) is 2.35. The quantitative estimate of drug-likeness (QED) is 0.563. The summed E-state index contributed by atoms with van der Waals surface area (Å²) in [5, 5.41) is 0. The van der Waals surface area contributed by atoms with Gasteiger partial charge in [-0.25, -0.2) is 13.2 Å². The van der Waals surface area contributed by atoms with E-state index in [0.717, 1.165) is 12.8 Å². The van der Waals surface area contributed by atoms with Gasteiger partial charge in [-0.15, -0.1) is 0 Å². The minimum absolute atomic E-state index is 0. The SMILES string of the molecule is CC1CCC(OC(F)(F)c2cc(F)c(F)c(F)c2)CC1.[HH]. The van der Waals surface area contributed by atoms with Crippen LogP contribution < -0.4 is 0 Å². The molecule has 1 aliphatic carbocycles. The second-order valence-electron chi connectivity index (χ2n) is 5.27. The minimum Gasteiger partial charge on any atom is -0.313 e. The van der Waals surface area contributed by atoms with Gasteiger partial charge in [0.15, 0.2) is 17.5 Å². The zero-order chi connectivity index (χ0) is 14.9. The van der Waals surface area contributed by atoms with Gasteiger partial charge in [0.05, 0.1) is 11.7 Å². The molecule has 0 amide bonds. The Balaban J connectivity index is 0.00000220. The molecule has 0 saturated heterocycles. The number of hydrogen-bond donors (Lipinski definition) is 0. The summed E-state index contributed by atoms with van der Waals surface area (Å²) in [6.45, 7) is 2.03. The van der Waals surface area contributed by atoms with Crippen LogP contribution in [0.3, 0.4) is 0 Å². The molecule has 1 fully saturated rings. The third-order valence-electron chi connectivity index (χ3n) is 3.60. The molecule has 0 unspecified atom stereocenters. The van der Waals surface area contributed by atoms with Crippen molar-refractivity contribution in [2.45, 2.75) is 44.8 Å². The summed E-state index contributed by atoms with van der Waals surface area (Å²) in [7, 11) is 0. The summed E-state index contributed by atoms with van der Waals surface area (Å²) >= 11 is 0. The number of halogens is 5. The molecule has 0 atom stereocenters. The Hall–Kier alpha value is -1.17. The maximum absolute atomic E-state index is 13.9. The zero-order valence-electron chi connectivity index (χ0n) is 10.9. The van der Waals surface area contributed by atoms with E-state index in [0.29, 0.717) is 18.8 Å². The fraction of sp³-hybridized carbons (Fsp3) is 0.571. The molecule has 2 rings (SSSR count). The molecular weight excluding hydrogens is 279 g/mol. The first-order valence-electron chi connectivity index (χ1n) is 6.50. The number of ether oxygens (including phenoxy) is 1. The van der Waals surface area contributed by atoms with Gasteiger partial charge in [0, 0.05) is 1.43 Å². The molecule has 0 radical (unpaired) electrons. The predicted molar refractivity (Wildman–Crippen MR) is 64.8 cm³/mol. The number of hydrogen-bond acceptors (Lipinski definition) is 1. The molecule has 1 aromatic rings. The van der Waals surface area contributed by atoms with Gasteiger partial charge in [0.1, 0.15) is 0 Å². The van der Waals surface area contributed by atoms with Gasteiger partial charge in [-0.2, -0.15) is 8.78 Å². The third-order valence-corrected chi connectivity index (χ3v) is 3.60. The van der Waals surface area contributed by atoms with E-state index in [1.165, 1.54) is 0 Å². The van der Waals surface area contributed by atoms with Crippen LogP contribution in [0.25, 0.3) is 0 Å². The van der Waals surface area contributed by atoms with Gasteiger partial charge in [-0.1, -0.05) is 6.92 Å². The lowest BCUT2D eigenvalue weighted by Gasteiger charge is -2.29. The Morgan fingerprint density at radius 1 is 1.05 bits per heavy atom. The summed E-state index contributed by atoms with van der Waals surface area (Å²) < 4.78 is 71.1. The third kappa shape index (κ3) is 3.29. The van der Waals surface area contributed by atoms with Crippen LogP contribution in [0.5, 0.6) is 0 Å². The Morgan fingerprint density at radius 2 is 1.55 bits per heavy atom. The van der Waals surface area contributed by atoms with E-state index in [2.05, 4.69) is 4.74 Å². The highest BCUT2D eigenvalue weighted by Gasteiger charge is 2.38. The van der Waals surface area contributed by atoms with E-state index in [9.17, 15) is 22.0 Å². The van der Waals surface area contributed by atoms with Crippen molar-refractivity contribution in [2.24, 2.45) is 5.92 Å². The summed E-state index contributed by atoms with van der Waals surface area (Å²) in [4.78, 5) is 0. The summed E-state index contributed by atoms with van der Waals surface area (Å²) in [5.74, 6) is -4.61. The Morgan fingerprint density at radius 3 is 2.05 bits per heavy atom. The Labute approximate surface area is 115 Å². The van der Waals surface area contributed by atoms with Crippen LogP contribution in [0.4, 0.5) is 22.0 Å². The van der Waals surface area contributed by atoms with Gasteiger partial charge in [-0.3, -0.25) is 0 Å². The lowest BCUT2D eigenvalue weighted by molar-refractivity contribution is -0.278. The summed E-state index contributed by atoms with van der Waals surface area (Å²) in [6.07, 6.45) is -2.00. The van der Waals surface area contributed by atoms with Crippen molar-refractivity contribution in [3.63, 3.8) is 0 Å². The second-order valence-corrected chi connectivity index (χ2v) is 5.27. The smallest absolute Gasteiger partial charge is 0.313 e. The van der Waals surface area contributed by atoms with Crippen LogP contribution in [0.1, 0.15) is 39.6 Å². The van der Waals surface area contributed by atoms with E-state index < -0.39 is 35.2 Å². The normalized spacial score (nSPS) is 23.9. The van der Waals surface area contributed by atoms with Crippen LogP contribution in [0.2, 0.25) is 0 Å². The second kappa shape index (κ2) is 5.68. The molecule has 1 aromatic carbocycles. The number of benzene rings is 1. The molecule has 0 N–H and O–H groups in total. The molecule has 0 bridgehead atoms. The Kier molecular flexibility index (Phi) is 4.32. The average molecular weight is 296 g/mol. The maximum Gasteiger partial charge on any atom is 0.383 e. The number of rotatable bonds is 3. The van der Waals surface area contributed by atoms with E-state index in [1.54, 1.807) is 0 Å². The molecule has 6 heteroatoms. The van der Waals surface area contributed by atoms with E-state index in [-0.39, 0.29) is 13.6 Å². The molecule has 20 heavy (non-hydrogen) atoms. The summed E-state index contributed by atoms with van der Waals surface area (Å²) in [5.41, 5.74) is -1.01. The van der Waals surface area contributed by atoms with E-state index >= 15 is 0 Å². The van der Waals surface area contributed by atoms with Gasteiger partial charge >= 0.3 is 6.11 Å². The summed E-state index contributed by atoms with van der Waals surface area (Å²) in [6, 6.07) is 0.535. The molecule has 0 spiro atoms. The van der Waals surface area contributed by atoms with Crippen molar-refractivity contribution >= 4 is 0 Å². The van der Waals surface area contributed by atoms with Crippen LogP contribution in [0.15, 0.2) is 12.1 Å². The lowest BCUT2D eigenvalue weighted by atomic mass is 9.89. The standard InChI is InChI=1S/C14H15F5O.H2/c1-8-2-4-10(5-3-8)20-14(18,19)9-6-11(15)13(17)12(16)7-9;/h6-8,10H,2-5H2,1H3;1H. The van der Waals surface area contributed by atoms with E-state index in [4.69, 9.17) is 0 Å². The molecule has 1 saturated carbocycles. The van der Waals surface area contributed by atoms with Crippen LogP contribution in [0, 0.1) is 23.4 Å².